The molecule has 0 bridgehead atoms. The molecule has 11 heteroatoms. The van der Waals surface area contributed by atoms with E-state index in [1.54, 1.807) is 11.4 Å². The van der Waals surface area contributed by atoms with Crippen LogP contribution in [-0.2, 0) is 9.47 Å². The molecule has 1 aliphatic heterocycles. The van der Waals surface area contributed by atoms with Crippen molar-refractivity contribution in [2.75, 3.05) is 25.1 Å². The number of amides is 1. The predicted molar refractivity (Wildman–Crippen MR) is 90.7 cm³/mol. The van der Waals surface area contributed by atoms with Gasteiger partial charge in [0.2, 0.25) is 5.75 Å². The second-order valence-electron chi connectivity index (χ2n) is 5.53. The Kier molecular flexibility index (Phi) is 5.19. The lowest BCUT2D eigenvalue weighted by Gasteiger charge is -2.10. The highest BCUT2D eigenvalue weighted by Gasteiger charge is 2.21. The van der Waals surface area contributed by atoms with E-state index < -0.39 is 29.1 Å². The lowest BCUT2D eigenvalue weighted by Crippen LogP contribution is -2.19. The Morgan fingerprint density at radius 3 is 3.00 bits per heavy atom. The summed E-state index contributed by atoms with van der Waals surface area (Å²) in [5.74, 6) is -2.44. The molecule has 0 saturated carbocycles. The first-order valence-electron chi connectivity index (χ1n) is 7.61. The average molecular weight is 381 g/mol. The summed E-state index contributed by atoms with van der Waals surface area (Å²) in [4.78, 5) is 41.1. The fraction of sp³-hybridized carbons (Fsp3) is 0.333. The third-order valence-electron chi connectivity index (χ3n) is 3.69. The first-order chi connectivity index (χ1) is 12.5. The predicted octanol–water partition coefficient (Wildman–Crippen LogP) is 1.49. The van der Waals surface area contributed by atoms with Gasteiger partial charge in [0, 0.05) is 12.5 Å². The van der Waals surface area contributed by atoms with Gasteiger partial charge in [-0.05, 0) is 17.9 Å². The number of carbonyl (C=O) groups is 2. The van der Waals surface area contributed by atoms with Gasteiger partial charge in [-0.3, -0.25) is 10.1 Å². The number of carbonyl (C=O) groups excluding carboxylic acids is 1. The van der Waals surface area contributed by atoms with Crippen LogP contribution in [0, 0.1) is 5.92 Å². The molecule has 1 unspecified atom stereocenters. The smallest absolute Gasteiger partial charge is 0.411 e. The van der Waals surface area contributed by atoms with Crippen molar-refractivity contribution >= 4 is 29.1 Å². The average Bonchev–Trinajstić information content (AvgIpc) is 3.26. The minimum absolute atomic E-state index is 0.0836. The highest BCUT2D eigenvalue weighted by Crippen LogP contribution is 2.31. The summed E-state index contributed by atoms with van der Waals surface area (Å²) in [6.45, 7) is 1.42. The second kappa shape index (κ2) is 7.54. The molecule has 0 spiro atoms. The van der Waals surface area contributed by atoms with Crippen molar-refractivity contribution in [1.82, 2.24) is 9.97 Å². The Balaban J connectivity index is 1.77. The fourth-order valence-electron chi connectivity index (χ4n) is 2.37. The highest BCUT2D eigenvalue weighted by atomic mass is 32.1. The largest absolute Gasteiger partial charge is 0.501 e. The molecule has 4 N–H and O–H groups in total. The molecule has 138 valence electrons. The number of nitrogens with zero attached hydrogens (tertiary/aromatic N) is 1. The van der Waals surface area contributed by atoms with Gasteiger partial charge < -0.3 is 24.7 Å². The van der Waals surface area contributed by atoms with Crippen LogP contribution >= 0.6 is 11.3 Å². The number of ether oxygens (including phenoxy) is 2. The zero-order chi connectivity index (χ0) is 18.7. The molecule has 2 aromatic rings. The number of aromatic amines is 1. The van der Waals surface area contributed by atoms with Crippen molar-refractivity contribution < 1.29 is 29.3 Å². The Hall–Kier alpha value is -2.92. The number of thiophene rings is 1. The number of rotatable bonds is 5. The van der Waals surface area contributed by atoms with Gasteiger partial charge in [0.1, 0.15) is 0 Å². The Bertz CT molecular complexity index is 886. The van der Waals surface area contributed by atoms with E-state index in [9.17, 15) is 19.5 Å². The number of carboxylic acids is 1. The van der Waals surface area contributed by atoms with Crippen LogP contribution in [-0.4, -0.2) is 52.1 Å². The number of aromatic hydroxyl groups is 1. The summed E-state index contributed by atoms with van der Waals surface area (Å²) in [7, 11) is 0. The summed E-state index contributed by atoms with van der Waals surface area (Å²) in [5, 5.41) is 22.7. The minimum Gasteiger partial charge on any atom is -0.501 e. The van der Waals surface area contributed by atoms with Gasteiger partial charge in [0.15, 0.2) is 11.5 Å². The molecule has 1 fully saturated rings. The van der Waals surface area contributed by atoms with Crippen LogP contribution in [0.5, 0.6) is 5.75 Å². The van der Waals surface area contributed by atoms with E-state index in [2.05, 4.69) is 15.3 Å². The van der Waals surface area contributed by atoms with Gasteiger partial charge in [0.25, 0.3) is 5.56 Å². The summed E-state index contributed by atoms with van der Waals surface area (Å²) >= 11 is 1.13. The molecule has 3 heterocycles. The minimum atomic E-state index is -1.54. The van der Waals surface area contributed by atoms with Crippen molar-refractivity contribution in [2.45, 2.75) is 6.42 Å². The molecule has 3 rings (SSSR count). The Morgan fingerprint density at radius 2 is 2.31 bits per heavy atom. The van der Waals surface area contributed by atoms with E-state index in [0.717, 1.165) is 17.8 Å². The van der Waals surface area contributed by atoms with E-state index in [1.165, 1.54) is 0 Å². The number of hydrogen-bond donors (Lipinski definition) is 4. The molecule has 0 aliphatic carbocycles. The number of nitrogens with one attached hydrogen (secondary N) is 2. The van der Waals surface area contributed by atoms with Crippen LogP contribution in [0.2, 0.25) is 0 Å². The molecule has 10 nitrogen and oxygen atoms in total. The molecule has 1 aliphatic rings. The van der Waals surface area contributed by atoms with Crippen LogP contribution in [0.15, 0.2) is 16.2 Å². The monoisotopic (exact) mass is 381 g/mol. The van der Waals surface area contributed by atoms with E-state index in [4.69, 9.17) is 14.6 Å². The van der Waals surface area contributed by atoms with E-state index >= 15 is 0 Å². The second-order valence-corrected chi connectivity index (χ2v) is 6.45. The summed E-state index contributed by atoms with van der Waals surface area (Å²) in [5.41, 5.74) is -1.46. The standard InChI is InChI=1S/C15H15N3O7S/c19-10-9(14(21)22)17-12(18-13(10)20)11-8(2-4-26-11)16-15(23)25-6-7-1-3-24-5-7/h2,4,7,19H,1,3,5-6H2,(H,16,23)(H,21,22)(H,17,18,20). The van der Waals surface area contributed by atoms with Gasteiger partial charge in [-0.25, -0.2) is 14.6 Å². The number of hydrogen-bond acceptors (Lipinski definition) is 8. The Labute approximate surface area is 150 Å². The molecular formula is C15H15N3O7S. The van der Waals surface area contributed by atoms with Crippen molar-refractivity contribution in [3.8, 4) is 16.5 Å². The lowest BCUT2D eigenvalue weighted by molar-refractivity contribution is 0.0686. The van der Waals surface area contributed by atoms with Crippen LogP contribution in [0.4, 0.5) is 10.5 Å². The number of aromatic nitrogens is 2. The number of carboxylic acid groups (broad SMARTS) is 1. The Morgan fingerprint density at radius 1 is 1.50 bits per heavy atom. The zero-order valence-electron chi connectivity index (χ0n) is 13.4. The third kappa shape index (κ3) is 3.83. The van der Waals surface area contributed by atoms with Crippen LogP contribution < -0.4 is 10.9 Å². The van der Waals surface area contributed by atoms with Crippen LogP contribution in [0.3, 0.4) is 0 Å². The van der Waals surface area contributed by atoms with Gasteiger partial charge >= 0.3 is 12.1 Å². The first kappa shape index (κ1) is 17.9. The molecule has 0 radical (unpaired) electrons. The van der Waals surface area contributed by atoms with Gasteiger partial charge in [-0.2, -0.15) is 0 Å². The maximum absolute atomic E-state index is 12.0. The number of anilines is 1. The maximum Gasteiger partial charge on any atom is 0.411 e. The van der Waals surface area contributed by atoms with E-state index in [-0.39, 0.29) is 18.3 Å². The van der Waals surface area contributed by atoms with Crippen LogP contribution in [0.25, 0.3) is 10.7 Å². The van der Waals surface area contributed by atoms with E-state index in [0.29, 0.717) is 23.8 Å². The third-order valence-corrected chi connectivity index (χ3v) is 4.61. The molecule has 26 heavy (non-hydrogen) atoms. The SMILES string of the molecule is O=C(Nc1ccsc1-c1nc(C(=O)O)c(O)c(=O)[nH]1)OCC1CCOC1. The first-order valence-corrected chi connectivity index (χ1v) is 8.49. The lowest BCUT2D eigenvalue weighted by atomic mass is 10.1. The summed E-state index contributed by atoms with van der Waals surface area (Å²) in [6.07, 6.45) is 0.143. The zero-order valence-corrected chi connectivity index (χ0v) is 14.2. The van der Waals surface area contributed by atoms with Gasteiger partial charge in [-0.15, -0.1) is 11.3 Å². The summed E-state index contributed by atoms with van der Waals surface area (Å²) in [6, 6.07) is 1.56. The molecule has 2 aromatic heterocycles. The molecule has 1 atom stereocenters. The van der Waals surface area contributed by atoms with Gasteiger partial charge in [0.05, 0.1) is 23.8 Å². The van der Waals surface area contributed by atoms with Crippen molar-refractivity contribution in [3.05, 3.63) is 27.5 Å². The fourth-order valence-corrected chi connectivity index (χ4v) is 3.16. The van der Waals surface area contributed by atoms with E-state index in [1.807, 2.05) is 0 Å². The maximum atomic E-state index is 12.0. The van der Waals surface area contributed by atoms with Crippen LogP contribution in [0.1, 0.15) is 16.9 Å². The molecule has 1 saturated heterocycles. The highest BCUT2D eigenvalue weighted by molar-refractivity contribution is 7.14. The van der Waals surface area contributed by atoms with Crippen molar-refractivity contribution in [1.29, 1.82) is 0 Å². The molecule has 1 amide bonds. The summed E-state index contributed by atoms with van der Waals surface area (Å²) < 4.78 is 10.3. The van der Waals surface area contributed by atoms with Gasteiger partial charge in [-0.1, -0.05) is 0 Å². The number of aromatic carboxylic acids is 1. The van der Waals surface area contributed by atoms with Crippen molar-refractivity contribution in [3.63, 3.8) is 0 Å². The topological polar surface area (TPSA) is 151 Å². The number of H-pyrrole nitrogens is 1. The van der Waals surface area contributed by atoms with Crippen molar-refractivity contribution in [2.24, 2.45) is 5.92 Å². The molecular weight excluding hydrogens is 366 g/mol. The molecule has 0 aromatic carbocycles. The normalized spacial score (nSPS) is 16.4. The quantitative estimate of drug-likeness (QED) is 0.608.